The van der Waals surface area contributed by atoms with Gasteiger partial charge in [0.1, 0.15) is 11.6 Å². The van der Waals surface area contributed by atoms with Gasteiger partial charge in [-0.2, -0.15) is 8.42 Å². The normalized spacial score (nSPS) is 20.9. The molecule has 1 aromatic carbocycles. The molecule has 150 valence electrons. The summed E-state index contributed by atoms with van der Waals surface area (Å²) in [6, 6.07) is 3.06. The van der Waals surface area contributed by atoms with Crippen LogP contribution in [0.3, 0.4) is 0 Å². The van der Waals surface area contributed by atoms with Gasteiger partial charge in [0.25, 0.3) is 10.1 Å². The summed E-state index contributed by atoms with van der Waals surface area (Å²) < 4.78 is 48.3. The molecule has 1 heterocycles. The Morgan fingerprint density at radius 2 is 1.93 bits per heavy atom. The lowest BCUT2D eigenvalue weighted by molar-refractivity contribution is -0.145. The van der Waals surface area contributed by atoms with Gasteiger partial charge in [-0.15, -0.1) is 0 Å². The Labute approximate surface area is 160 Å². The smallest absolute Gasteiger partial charge is 0.411 e. The van der Waals surface area contributed by atoms with Crippen molar-refractivity contribution in [1.29, 1.82) is 0 Å². The lowest BCUT2D eigenvalue weighted by Gasteiger charge is -2.27. The maximum absolute atomic E-state index is 12.6. The standard InChI is InChI=1S/C18H25NO7S/c1-12-6-8-14(9-7-12)27(22,23)26-13-10-15(16(20)24-5)19(11-13)17(21)25-18(2,3)4/h6-9,13,15H,10-11H2,1-5H3/t13-,15-/m0/s1/i8D. The number of likely N-dealkylation sites (tertiary alicyclic amines) is 1. The van der Waals surface area contributed by atoms with Gasteiger partial charge in [-0.1, -0.05) is 17.7 Å². The SMILES string of the molecule is [2H]c1cc(C)ccc1S(=O)(=O)O[C@H]1C[C@@H](C(=O)OC)N(C(=O)OC(C)(C)C)C1. The van der Waals surface area contributed by atoms with E-state index in [1.807, 2.05) is 0 Å². The molecule has 0 aromatic heterocycles. The second-order valence-corrected chi connectivity index (χ2v) is 8.85. The van der Waals surface area contributed by atoms with E-state index in [1.165, 1.54) is 19.2 Å². The summed E-state index contributed by atoms with van der Waals surface area (Å²) in [4.78, 5) is 25.3. The van der Waals surface area contributed by atoms with Crippen LogP contribution in [0.15, 0.2) is 29.1 Å². The van der Waals surface area contributed by atoms with Crippen molar-refractivity contribution < 1.29 is 33.0 Å². The van der Waals surface area contributed by atoms with Crippen molar-refractivity contribution in [3.05, 3.63) is 29.8 Å². The van der Waals surface area contributed by atoms with Crippen LogP contribution in [0.1, 0.15) is 34.1 Å². The highest BCUT2D eigenvalue weighted by molar-refractivity contribution is 7.86. The molecule has 0 radical (unpaired) electrons. The van der Waals surface area contributed by atoms with Crippen LogP contribution in [0.25, 0.3) is 0 Å². The summed E-state index contributed by atoms with van der Waals surface area (Å²) in [7, 11) is -3.07. The third kappa shape index (κ3) is 5.43. The Morgan fingerprint density at radius 3 is 2.48 bits per heavy atom. The highest BCUT2D eigenvalue weighted by Crippen LogP contribution is 2.27. The fraction of sp³-hybridized carbons (Fsp3) is 0.556. The predicted octanol–water partition coefficient (Wildman–Crippen LogP) is 2.25. The molecule has 1 aliphatic heterocycles. The Balaban J connectivity index is 2.22. The van der Waals surface area contributed by atoms with E-state index in [4.69, 9.17) is 15.0 Å². The molecule has 9 heteroatoms. The number of benzene rings is 1. The van der Waals surface area contributed by atoms with Gasteiger partial charge in [-0.3, -0.25) is 9.08 Å². The van der Waals surface area contributed by atoms with E-state index < -0.39 is 39.9 Å². The second-order valence-electron chi connectivity index (χ2n) is 7.31. The van der Waals surface area contributed by atoms with E-state index in [1.54, 1.807) is 33.8 Å². The number of methoxy groups -OCH3 is 1. The third-order valence-corrected chi connectivity index (χ3v) is 5.15. The highest BCUT2D eigenvalue weighted by Gasteiger charge is 2.44. The molecule has 8 nitrogen and oxygen atoms in total. The molecule has 0 N–H and O–H groups in total. The topological polar surface area (TPSA) is 99.2 Å². The minimum atomic E-state index is -4.25. The lowest BCUT2D eigenvalue weighted by Crippen LogP contribution is -2.44. The zero-order chi connectivity index (χ0) is 21.3. The van der Waals surface area contributed by atoms with Crippen molar-refractivity contribution in [2.45, 2.75) is 56.8 Å². The number of carbonyl (C=O) groups excluding carboxylic acids is 2. The molecule has 1 fully saturated rings. The van der Waals surface area contributed by atoms with Crippen LogP contribution in [0, 0.1) is 6.92 Å². The molecule has 2 atom stereocenters. The zero-order valence-electron chi connectivity index (χ0n) is 17.0. The first-order valence-corrected chi connectivity index (χ1v) is 9.83. The number of nitrogens with zero attached hydrogens (tertiary/aromatic N) is 1. The second kappa shape index (κ2) is 7.85. The average Bonchev–Trinajstić information content (AvgIpc) is 2.95. The summed E-state index contributed by atoms with van der Waals surface area (Å²) in [5.41, 5.74) is -0.0446. The Morgan fingerprint density at radius 1 is 1.26 bits per heavy atom. The molecule has 0 saturated carbocycles. The molecule has 2 rings (SSSR count). The molecule has 0 aliphatic carbocycles. The quantitative estimate of drug-likeness (QED) is 0.564. The fourth-order valence-corrected chi connectivity index (χ4v) is 3.66. The van der Waals surface area contributed by atoms with E-state index in [0.29, 0.717) is 0 Å². The number of ether oxygens (including phenoxy) is 2. The van der Waals surface area contributed by atoms with E-state index in [2.05, 4.69) is 0 Å². The molecule has 1 amide bonds. The van der Waals surface area contributed by atoms with Gasteiger partial charge < -0.3 is 9.47 Å². The number of hydrogen-bond acceptors (Lipinski definition) is 7. The van der Waals surface area contributed by atoms with Gasteiger partial charge in [0.15, 0.2) is 0 Å². The largest absolute Gasteiger partial charge is 0.467 e. The molecule has 1 saturated heterocycles. The molecular weight excluding hydrogens is 374 g/mol. The molecular formula is C18H25NO7S. The number of esters is 1. The van der Waals surface area contributed by atoms with E-state index in [-0.39, 0.29) is 23.9 Å². The van der Waals surface area contributed by atoms with Gasteiger partial charge in [0.2, 0.25) is 0 Å². The monoisotopic (exact) mass is 400 g/mol. The third-order valence-electron chi connectivity index (χ3n) is 3.84. The van der Waals surface area contributed by atoms with Crippen LogP contribution in [0.2, 0.25) is 0 Å². The molecule has 1 aliphatic rings. The van der Waals surface area contributed by atoms with Gasteiger partial charge in [-0.05, 0) is 39.8 Å². The summed E-state index contributed by atoms with van der Waals surface area (Å²) >= 11 is 0. The summed E-state index contributed by atoms with van der Waals surface area (Å²) in [6.07, 6.45) is -1.80. The minimum Gasteiger partial charge on any atom is -0.467 e. The van der Waals surface area contributed by atoms with Crippen molar-refractivity contribution in [3.63, 3.8) is 0 Å². The Kier molecular flexibility index (Phi) is 5.71. The maximum Gasteiger partial charge on any atom is 0.411 e. The number of aryl methyl sites for hydroxylation is 1. The zero-order valence-corrected chi connectivity index (χ0v) is 16.8. The summed E-state index contributed by atoms with van der Waals surface area (Å²) in [5.74, 6) is -0.689. The average molecular weight is 400 g/mol. The van der Waals surface area contributed by atoms with Crippen molar-refractivity contribution in [2.24, 2.45) is 0 Å². The van der Waals surface area contributed by atoms with Crippen molar-refractivity contribution >= 4 is 22.2 Å². The number of rotatable bonds is 4. The fourth-order valence-electron chi connectivity index (χ4n) is 2.62. The minimum absolute atomic E-state index is 0.0651. The van der Waals surface area contributed by atoms with Crippen LogP contribution < -0.4 is 0 Å². The first kappa shape index (κ1) is 19.6. The van der Waals surface area contributed by atoms with Crippen molar-refractivity contribution in [3.8, 4) is 0 Å². The molecule has 1 aromatic rings. The first-order chi connectivity index (χ1) is 12.8. The van der Waals surface area contributed by atoms with E-state index >= 15 is 0 Å². The summed E-state index contributed by atoms with van der Waals surface area (Å²) in [6.45, 7) is 6.62. The van der Waals surface area contributed by atoms with Gasteiger partial charge in [0, 0.05) is 6.42 Å². The van der Waals surface area contributed by atoms with Crippen molar-refractivity contribution in [1.82, 2.24) is 4.90 Å². The van der Waals surface area contributed by atoms with Crippen molar-refractivity contribution in [2.75, 3.05) is 13.7 Å². The van der Waals surface area contributed by atoms with Crippen LogP contribution in [-0.2, 0) is 28.6 Å². The van der Waals surface area contributed by atoms with Gasteiger partial charge in [-0.25, -0.2) is 9.59 Å². The van der Waals surface area contributed by atoms with Gasteiger partial charge in [0.05, 0.1) is 26.0 Å². The predicted molar refractivity (Wildman–Crippen MR) is 96.6 cm³/mol. The number of hydrogen-bond donors (Lipinski definition) is 0. The molecule has 0 unspecified atom stereocenters. The number of carbonyl (C=O) groups is 2. The Bertz CT molecular complexity index is 863. The summed E-state index contributed by atoms with van der Waals surface area (Å²) in [5, 5.41) is 0. The van der Waals surface area contributed by atoms with E-state index in [0.717, 1.165) is 10.5 Å². The molecule has 27 heavy (non-hydrogen) atoms. The maximum atomic E-state index is 12.6. The van der Waals surface area contributed by atoms with Gasteiger partial charge >= 0.3 is 12.1 Å². The van der Waals surface area contributed by atoms with Crippen LogP contribution >= 0.6 is 0 Å². The number of amides is 1. The molecule has 0 bridgehead atoms. The lowest BCUT2D eigenvalue weighted by atomic mass is 10.2. The first-order valence-electron chi connectivity index (χ1n) is 8.92. The Hall–Kier alpha value is -2.13. The highest BCUT2D eigenvalue weighted by atomic mass is 32.2. The van der Waals surface area contributed by atoms with Crippen LogP contribution in [0.4, 0.5) is 4.79 Å². The molecule has 0 spiro atoms. The van der Waals surface area contributed by atoms with Crippen LogP contribution in [0.5, 0.6) is 0 Å². The van der Waals surface area contributed by atoms with E-state index in [9.17, 15) is 18.0 Å². The van der Waals surface area contributed by atoms with Crippen LogP contribution in [-0.4, -0.2) is 56.8 Å².